The van der Waals surface area contributed by atoms with Gasteiger partial charge in [-0.1, -0.05) is 164 Å². The molecule has 3 aliphatic rings. The summed E-state index contributed by atoms with van der Waals surface area (Å²) < 4.78 is 42.6. The fraction of sp³-hybridized carbons (Fsp3) is 0.375. The van der Waals surface area contributed by atoms with Crippen molar-refractivity contribution in [1.82, 2.24) is 9.55 Å². The van der Waals surface area contributed by atoms with Crippen LogP contribution in [0.1, 0.15) is 109 Å². The number of pyridine rings is 1. The second-order valence-electron chi connectivity index (χ2n) is 25.4. The molecule has 5 aromatic carbocycles. The second-order valence-corrected chi connectivity index (χ2v) is 26.5. The molecular weight excluding hydrogens is 922 g/mol. The molecule has 10 nitrogen and oxygen atoms in total. The maximum absolute atomic E-state index is 6.79. The first kappa shape index (κ1) is 51.6. The average Bonchev–Trinajstić information content (AvgIpc) is 3.89. The smallest absolute Gasteiger partial charge is 0.452 e. The van der Waals surface area contributed by atoms with E-state index in [-0.39, 0.29) is 26.7 Å². The molecule has 0 radical (unpaired) electrons. The molecule has 10 rings (SSSR count). The Balaban J connectivity index is 1.02. The van der Waals surface area contributed by atoms with Crippen LogP contribution in [0.4, 0.5) is 22.7 Å². The summed E-state index contributed by atoms with van der Waals surface area (Å²) in [6, 6.07) is 43.8. The first-order valence-corrected chi connectivity index (χ1v) is 26.6. The molecule has 73 heavy (non-hydrogen) atoms. The molecule has 0 atom stereocenters. The molecule has 0 amide bonds. The minimum absolute atomic E-state index is 0.00982. The molecule has 7 aromatic rings. The minimum Gasteiger partial charge on any atom is -0.452 e. The van der Waals surface area contributed by atoms with Crippen LogP contribution in [-0.2, 0) is 32.8 Å². The second kappa shape index (κ2) is 19.1. The number of nitrogens with zero attached hydrogens (tertiary/aromatic N) is 4. The summed E-state index contributed by atoms with van der Waals surface area (Å²) in [6.07, 6.45) is 1.94. The standard InChI is InChI=1S/C56H68B6N4O6S/c1-52(2,3)38-29-30-63-51(31-38)66-47-24-17-16-23-45(47)46-28-27-44(36-50(46)66)73-43-22-20-21-41(35-43)64-37-65(49-26-19-18-25-48(49)64)42-33-39(57-67-59(53(4,5)6)71-60(68-57)54(7,8)9)32-40(34-42)58-69-61(55(10,11)12)72-62(70-58)56(13,14)15/h16-36H,37H2,1-15H3. The van der Waals surface area contributed by atoms with Gasteiger partial charge < -0.3 is 37.2 Å². The van der Waals surface area contributed by atoms with E-state index in [2.05, 4.69) is 240 Å². The molecule has 17 heteroatoms. The molecule has 0 spiro atoms. The molecular formula is C56H68B6N4O6S. The number of hydrogen-bond donors (Lipinski definition) is 0. The van der Waals surface area contributed by atoms with Gasteiger partial charge in [0.2, 0.25) is 0 Å². The molecule has 0 unspecified atom stereocenters. The summed E-state index contributed by atoms with van der Waals surface area (Å²) in [4.78, 5) is 12.0. The highest BCUT2D eigenvalue weighted by atomic mass is 32.2. The molecule has 3 aliphatic heterocycles. The number of benzene rings is 5. The quantitative estimate of drug-likeness (QED) is 0.144. The van der Waals surface area contributed by atoms with Gasteiger partial charge in [-0.3, -0.25) is 4.57 Å². The molecule has 372 valence electrons. The highest BCUT2D eigenvalue weighted by Gasteiger charge is 2.53. The van der Waals surface area contributed by atoms with E-state index in [0.717, 1.165) is 60.3 Å². The Kier molecular flexibility index (Phi) is 13.5. The predicted octanol–water partition coefficient (Wildman–Crippen LogP) is 13.5. The zero-order valence-corrected chi connectivity index (χ0v) is 46.3. The van der Waals surface area contributed by atoms with Crippen molar-refractivity contribution in [2.45, 2.75) is 140 Å². The summed E-state index contributed by atoms with van der Waals surface area (Å²) in [7, 11) is -3.53. The molecule has 0 bridgehead atoms. The third-order valence-electron chi connectivity index (χ3n) is 13.7. The monoisotopic (exact) mass is 991 g/mol. The summed E-state index contributed by atoms with van der Waals surface area (Å²) in [5.74, 6) is 0.921. The van der Waals surface area contributed by atoms with Gasteiger partial charge in [0, 0.05) is 38.1 Å². The highest BCUT2D eigenvalue weighted by molar-refractivity contribution is 7.99. The van der Waals surface area contributed by atoms with Crippen molar-refractivity contribution in [2.75, 3.05) is 16.5 Å². The van der Waals surface area contributed by atoms with E-state index in [0.29, 0.717) is 6.67 Å². The van der Waals surface area contributed by atoms with Gasteiger partial charge in [-0.25, -0.2) is 4.98 Å². The fourth-order valence-corrected chi connectivity index (χ4v) is 10.6. The lowest BCUT2D eigenvalue weighted by atomic mass is 9.49. The third kappa shape index (κ3) is 10.6. The SMILES string of the molecule is CC(C)(C)B1OB(c2cc(B3OB(C(C)(C)C)OB(C(C)(C)C)O3)cc(N3CN(c4cccc(Sc5ccc6c7ccccc7n(-c7cc(C(C)(C)C)ccn7)c6c5)c4)c4ccccc43)c2)OB(C(C)(C)C)O1. The molecule has 0 aliphatic carbocycles. The topological polar surface area (TPSA) is 79.7 Å². The van der Waals surface area contributed by atoms with Crippen molar-refractivity contribution >= 4 is 110 Å². The van der Waals surface area contributed by atoms with Crippen LogP contribution in [0.3, 0.4) is 0 Å². The first-order chi connectivity index (χ1) is 34.3. The molecule has 2 fully saturated rings. The zero-order valence-electron chi connectivity index (χ0n) is 45.4. The predicted molar refractivity (Wildman–Crippen MR) is 309 cm³/mol. The molecule has 5 heterocycles. The Bertz CT molecular complexity index is 3070. The lowest BCUT2D eigenvalue weighted by molar-refractivity contribution is 0.250. The number of fused-ring (bicyclic) bond motifs is 4. The van der Waals surface area contributed by atoms with Crippen molar-refractivity contribution in [2.24, 2.45) is 0 Å². The number of anilines is 4. The Morgan fingerprint density at radius 2 is 0.959 bits per heavy atom. The van der Waals surface area contributed by atoms with Crippen LogP contribution in [0.15, 0.2) is 137 Å². The zero-order chi connectivity index (χ0) is 52.0. The van der Waals surface area contributed by atoms with E-state index in [9.17, 15) is 0 Å². The van der Waals surface area contributed by atoms with E-state index < -0.39 is 42.7 Å². The number of hydrogen-bond acceptors (Lipinski definition) is 10. The Morgan fingerprint density at radius 3 is 1.51 bits per heavy atom. The van der Waals surface area contributed by atoms with Crippen LogP contribution in [-0.4, -0.2) is 58.9 Å². The van der Waals surface area contributed by atoms with Crippen LogP contribution in [0.2, 0.25) is 21.3 Å². The first-order valence-electron chi connectivity index (χ1n) is 25.8. The summed E-state index contributed by atoms with van der Waals surface area (Å²) >= 11 is 1.77. The van der Waals surface area contributed by atoms with Crippen LogP contribution >= 0.6 is 11.8 Å². The van der Waals surface area contributed by atoms with E-state index in [4.69, 9.17) is 32.4 Å². The van der Waals surface area contributed by atoms with Crippen LogP contribution in [0, 0.1) is 0 Å². The van der Waals surface area contributed by atoms with E-state index in [1.807, 2.05) is 6.20 Å². The molecule has 2 saturated heterocycles. The minimum atomic E-state index is -0.731. The van der Waals surface area contributed by atoms with Crippen LogP contribution < -0.4 is 20.7 Å². The van der Waals surface area contributed by atoms with Crippen LogP contribution in [0.5, 0.6) is 0 Å². The third-order valence-corrected chi connectivity index (χ3v) is 14.7. The number of rotatable bonds is 7. The largest absolute Gasteiger partial charge is 0.466 e. The normalized spacial score (nSPS) is 16.4. The van der Waals surface area contributed by atoms with Gasteiger partial charge in [0.15, 0.2) is 0 Å². The van der Waals surface area contributed by atoms with Gasteiger partial charge in [-0.05, 0) is 116 Å². The van der Waals surface area contributed by atoms with Gasteiger partial charge in [0.05, 0.1) is 22.4 Å². The molecule has 2 aromatic heterocycles. The van der Waals surface area contributed by atoms with E-state index in [1.54, 1.807) is 11.8 Å². The summed E-state index contributed by atoms with van der Waals surface area (Å²) in [5, 5.41) is 1.15. The maximum Gasteiger partial charge on any atom is 0.466 e. The van der Waals surface area contributed by atoms with Crippen molar-refractivity contribution in [3.05, 3.63) is 133 Å². The maximum atomic E-state index is 6.79. The Labute approximate surface area is 440 Å². The van der Waals surface area contributed by atoms with Gasteiger partial charge in [0.25, 0.3) is 0 Å². The summed E-state index contributed by atoms with van der Waals surface area (Å²) in [5.41, 5.74) is 9.43. The van der Waals surface area contributed by atoms with Crippen molar-refractivity contribution in [3.8, 4) is 5.82 Å². The van der Waals surface area contributed by atoms with Gasteiger partial charge in [0.1, 0.15) is 12.5 Å². The Morgan fingerprint density at radius 1 is 0.452 bits per heavy atom. The van der Waals surface area contributed by atoms with Gasteiger partial charge in [-0.2, -0.15) is 0 Å². The van der Waals surface area contributed by atoms with Crippen LogP contribution in [0.25, 0.3) is 27.6 Å². The fourth-order valence-electron chi connectivity index (χ4n) is 9.67. The van der Waals surface area contributed by atoms with Gasteiger partial charge >= 0.3 is 42.7 Å². The lowest BCUT2D eigenvalue weighted by Crippen LogP contribution is -2.61. The van der Waals surface area contributed by atoms with Gasteiger partial charge in [-0.15, -0.1) is 0 Å². The number of para-hydroxylation sites is 3. The van der Waals surface area contributed by atoms with Crippen molar-refractivity contribution in [1.29, 1.82) is 0 Å². The Hall–Kier alpha value is -4.85. The lowest BCUT2D eigenvalue weighted by Gasteiger charge is -2.42. The van der Waals surface area contributed by atoms with E-state index in [1.165, 1.54) is 16.3 Å². The molecule has 0 saturated carbocycles. The number of aromatic nitrogens is 2. The summed E-state index contributed by atoms with van der Waals surface area (Å²) in [6.45, 7) is 32.9. The highest BCUT2D eigenvalue weighted by Crippen LogP contribution is 2.46. The average molecular weight is 990 g/mol. The van der Waals surface area contributed by atoms with E-state index >= 15 is 0 Å². The molecule has 0 N–H and O–H groups in total. The van der Waals surface area contributed by atoms with Crippen molar-refractivity contribution in [3.63, 3.8) is 0 Å². The van der Waals surface area contributed by atoms with Crippen molar-refractivity contribution < 1.29 is 27.4 Å².